The Hall–Kier alpha value is -1.51. The molecule has 1 aromatic carbocycles. The van der Waals surface area contributed by atoms with Crippen LogP contribution in [0.15, 0.2) is 29.3 Å². The van der Waals surface area contributed by atoms with Gasteiger partial charge in [0.25, 0.3) is 0 Å². The van der Waals surface area contributed by atoms with Crippen LogP contribution in [0.3, 0.4) is 0 Å². The Kier molecular flexibility index (Phi) is 13.9. The molecule has 1 amide bonds. The molecular weight excluding hydrogens is 431 g/mol. The van der Waals surface area contributed by atoms with Crippen molar-refractivity contribution in [3.8, 4) is 5.75 Å². The number of benzene rings is 1. The number of halogens is 1. The van der Waals surface area contributed by atoms with E-state index >= 15 is 0 Å². The second-order valence-corrected chi connectivity index (χ2v) is 5.45. The molecule has 0 fully saturated rings. The maximum Gasteiger partial charge on any atom is 0.242 e. The lowest BCUT2D eigenvalue weighted by atomic mass is 10.2. The molecule has 142 valence electrons. The molecule has 1 aromatic rings. The summed E-state index contributed by atoms with van der Waals surface area (Å²) in [5, 5.41) is 9.26. The average Bonchev–Trinajstić information content (AvgIpc) is 2.61. The number of amides is 1. The Morgan fingerprint density at radius 2 is 1.80 bits per heavy atom. The van der Waals surface area contributed by atoms with E-state index in [-0.39, 0.29) is 36.4 Å². The summed E-state index contributed by atoms with van der Waals surface area (Å²) >= 11 is 0. The maximum absolute atomic E-state index is 11.9. The lowest BCUT2D eigenvalue weighted by Crippen LogP contribution is -2.38. The van der Waals surface area contributed by atoms with Gasteiger partial charge in [-0.2, -0.15) is 0 Å². The normalized spacial score (nSPS) is 10.6. The van der Waals surface area contributed by atoms with Crippen molar-refractivity contribution in [2.45, 2.75) is 39.7 Å². The van der Waals surface area contributed by atoms with Crippen LogP contribution in [-0.4, -0.2) is 38.6 Å². The zero-order valence-corrected chi connectivity index (χ0v) is 17.8. The summed E-state index contributed by atoms with van der Waals surface area (Å²) in [4.78, 5) is 16.2. The number of unbranched alkanes of at least 4 members (excludes halogenated alkanes) is 2. The van der Waals surface area contributed by atoms with Crippen molar-refractivity contribution in [2.24, 2.45) is 4.99 Å². The Balaban J connectivity index is 0.00000576. The van der Waals surface area contributed by atoms with Gasteiger partial charge in [0.15, 0.2) is 5.96 Å². The number of rotatable bonds is 10. The molecule has 0 spiro atoms. The molecule has 0 unspecified atom stereocenters. The van der Waals surface area contributed by atoms with Crippen molar-refractivity contribution in [1.29, 1.82) is 0 Å². The van der Waals surface area contributed by atoms with Gasteiger partial charge in [-0.25, -0.2) is 4.99 Å². The van der Waals surface area contributed by atoms with E-state index in [1.165, 1.54) is 12.8 Å². The summed E-state index contributed by atoms with van der Waals surface area (Å²) in [6.07, 6.45) is 3.47. The number of aliphatic imine (C=N–C) groups is 1. The Bertz CT molecular complexity index is 506. The van der Waals surface area contributed by atoms with Gasteiger partial charge in [0.1, 0.15) is 12.3 Å². The van der Waals surface area contributed by atoms with Gasteiger partial charge in [0, 0.05) is 19.6 Å². The number of guanidine groups is 1. The quantitative estimate of drug-likeness (QED) is 0.216. The van der Waals surface area contributed by atoms with E-state index in [1.54, 1.807) is 7.11 Å². The predicted molar refractivity (Wildman–Crippen MR) is 114 cm³/mol. The van der Waals surface area contributed by atoms with Crippen molar-refractivity contribution in [3.05, 3.63) is 29.8 Å². The zero-order chi connectivity index (χ0) is 17.6. The highest BCUT2D eigenvalue weighted by molar-refractivity contribution is 14.0. The van der Waals surface area contributed by atoms with Gasteiger partial charge in [0.2, 0.25) is 5.91 Å². The van der Waals surface area contributed by atoms with E-state index in [0.29, 0.717) is 12.5 Å². The van der Waals surface area contributed by atoms with E-state index in [2.05, 4.69) is 27.9 Å². The molecule has 0 aromatic heterocycles. The predicted octanol–water partition coefficient (Wildman–Crippen LogP) is 2.67. The fraction of sp³-hybridized carbons (Fsp3) is 0.556. The maximum atomic E-state index is 11.9. The molecule has 0 atom stereocenters. The third-order valence-corrected chi connectivity index (χ3v) is 3.45. The van der Waals surface area contributed by atoms with Crippen LogP contribution in [0.2, 0.25) is 0 Å². The topological polar surface area (TPSA) is 74.8 Å². The summed E-state index contributed by atoms with van der Waals surface area (Å²) in [5.41, 5.74) is 1.03. The van der Waals surface area contributed by atoms with Crippen LogP contribution in [0.1, 0.15) is 38.7 Å². The molecule has 6 nitrogen and oxygen atoms in total. The number of hydrogen-bond acceptors (Lipinski definition) is 3. The average molecular weight is 462 g/mol. The van der Waals surface area contributed by atoms with E-state index in [1.807, 2.05) is 31.2 Å². The van der Waals surface area contributed by atoms with Crippen LogP contribution in [0.25, 0.3) is 0 Å². The van der Waals surface area contributed by atoms with Gasteiger partial charge in [-0.05, 0) is 31.0 Å². The van der Waals surface area contributed by atoms with Crippen molar-refractivity contribution >= 4 is 35.8 Å². The lowest BCUT2D eigenvalue weighted by Gasteiger charge is -2.11. The van der Waals surface area contributed by atoms with Crippen LogP contribution >= 0.6 is 24.0 Å². The van der Waals surface area contributed by atoms with Crippen LogP contribution < -0.4 is 20.7 Å². The summed E-state index contributed by atoms with van der Waals surface area (Å²) in [6, 6.07) is 7.62. The summed E-state index contributed by atoms with van der Waals surface area (Å²) < 4.78 is 5.11. The summed E-state index contributed by atoms with van der Waals surface area (Å²) in [5.74, 6) is 1.39. The number of carbonyl (C=O) groups excluding carboxylic acids is 1. The first-order valence-electron chi connectivity index (χ1n) is 8.61. The molecule has 0 radical (unpaired) electrons. The van der Waals surface area contributed by atoms with E-state index in [0.717, 1.165) is 30.8 Å². The molecule has 0 aliphatic rings. The Labute approximate surface area is 168 Å². The minimum absolute atomic E-state index is 0. The first kappa shape index (κ1) is 23.5. The molecule has 7 heteroatoms. The number of ether oxygens (including phenoxy) is 1. The standard InChI is InChI=1S/C18H30N4O2.HI/c1-4-6-7-12-20-18(19-5-2)22-14-17(23)21-13-15-8-10-16(24-3)11-9-15;/h8-11H,4-7,12-14H2,1-3H3,(H,21,23)(H2,19,20,22);1H. The number of methoxy groups -OCH3 is 1. The van der Waals surface area contributed by atoms with Crippen LogP contribution in [0.4, 0.5) is 0 Å². The zero-order valence-electron chi connectivity index (χ0n) is 15.4. The molecule has 3 N–H and O–H groups in total. The molecule has 0 aliphatic heterocycles. The van der Waals surface area contributed by atoms with Gasteiger partial charge < -0.3 is 20.7 Å². The fourth-order valence-electron chi connectivity index (χ4n) is 2.07. The number of nitrogens with zero attached hydrogens (tertiary/aromatic N) is 1. The Morgan fingerprint density at radius 3 is 2.40 bits per heavy atom. The molecule has 1 rings (SSSR count). The highest BCUT2D eigenvalue weighted by atomic mass is 127. The van der Waals surface area contributed by atoms with Crippen molar-refractivity contribution in [1.82, 2.24) is 16.0 Å². The number of nitrogens with one attached hydrogen (secondary N) is 3. The first-order chi connectivity index (χ1) is 11.7. The minimum Gasteiger partial charge on any atom is -0.497 e. The molecule has 0 aliphatic carbocycles. The highest BCUT2D eigenvalue weighted by Crippen LogP contribution is 2.10. The molecule has 25 heavy (non-hydrogen) atoms. The van der Waals surface area contributed by atoms with Gasteiger partial charge in [-0.15, -0.1) is 24.0 Å². The SMILES string of the molecule is CCCCCNC(=NCC(=O)NCc1ccc(OC)cc1)NCC.I. The second kappa shape index (κ2) is 14.8. The molecule has 0 bridgehead atoms. The largest absolute Gasteiger partial charge is 0.497 e. The number of carbonyl (C=O) groups is 1. The van der Waals surface area contributed by atoms with Gasteiger partial charge in [0.05, 0.1) is 7.11 Å². The third kappa shape index (κ3) is 10.9. The smallest absolute Gasteiger partial charge is 0.242 e. The van der Waals surface area contributed by atoms with Crippen LogP contribution in [-0.2, 0) is 11.3 Å². The van der Waals surface area contributed by atoms with Crippen LogP contribution in [0.5, 0.6) is 5.75 Å². The van der Waals surface area contributed by atoms with E-state index < -0.39 is 0 Å². The van der Waals surface area contributed by atoms with Gasteiger partial charge in [-0.3, -0.25) is 4.79 Å². The van der Waals surface area contributed by atoms with E-state index in [9.17, 15) is 4.79 Å². The second-order valence-electron chi connectivity index (χ2n) is 5.45. The first-order valence-corrected chi connectivity index (χ1v) is 8.61. The molecular formula is C18H31IN4O2. The van der Waals surface area contributed by atoms with E-state index in [4.69, 9.17) is 4.74 Å². The lowest BCUT2D eigenvalue weighted by molar-refractivity contribution is -0.119. The van der Waals surface area contributed by atoms with Gasteiger partial charge in [-0.1, -0.05) is 31.9 Å². The highest BCUT2D eigenvalue weighted by Gasteiger charge is 2.02. The third-order valence-electron chi connectivity index (χ3n) is 3.45. The molecule has 0 saturated carbocycles. The van der Waals surface area contributed by atoms with Crippen LogP contribution in [0, 0.1) is 0 Å². The van der Waals surface area contributed by atoms with Gasteiger partial charge >= 0.3 is 0 Å². The molecule has 0 heterocycles. The minimum atomic E-state index is -0.100. The van der Waals surface area contributed by atoms with Crippen molar-refractivity contribution in [3.63, 3.8) is 0 Å². The number of hydrogen-bond donors (Lipinski definition) is 3. The monoisotopic (exact) mass is 462 g/mol. The summed E-state index contributed by atoms with van der Waals surface area (Å²) in [7, 11) is 1.63. The van der Waals surface area contributed by atoms with Crippen molar-refractivity contribution in [2.75, 3.05) is 26.7 Å². The summed E-state index contributed by atoms with van der Waals surface area (Å²) in [6.45, 7) is 6.41. The molecule has 0 saturated heterocycles. The Morgan fingerprint density at radius 1 is 1.08 bits per heavy atom. The van der Waals surface area contributed by atoms with Crippen molar-refractivity contribution < 1.29 is 9.53 Å². The fourth-order valence-corrected chi connectivity index (χ4v) is 2.07.